The Hall–Kier alpha value is -5.04. The molecule has 38 heavy (non-hydrogen) atoms. The fourth-order valence-corrected chi connectivity index (χ4v) is 4.52. The van der Waals surface area contributed by atoms with E-state index >= 15 is 0 Å². The third-order valence-electron chi connectivity index (χ3n) is 6.28. The first-order valence-electron chi connectivity index (χ1n) is 12.2. The third-order valence-corrected chi connectivity index (χ3v) is 6.28. The van der Waals surface area contributed by atoms with E-state index in [4.69, 9.17) is 4.74 Å². The van der Waals surface area contributed by atoms with Crippen molar-refractivity contribution in [2.45, 2.75) is 13.0 Å². The van der Waals surface area contributed by atoms with Crippen molar-refractivity contribution < 1.29 is 24.5 Å². The lowest BCUT2D eigenvalue weighted by Gasteiger charge is -2.25. The first kappa shape index (κ1) is 24.6. The minimum absolute atomic E-state index is 0.0409. The molecule has 1 aliphatic rings. The predicted octanol–water partition coefficient (Wildman–Crippen LogP) is 6.16. The highest BCUT2D eigenvalue weighted by Gasteiger charge is 2.47. The number of para-hydroxylation sites is 1. The number of phenols is 1. The summed E-state index contributed by atoms with van der Waals surface area (Å²) in [7, 11) is 0. The highest BCUT2D eigenvalue weighted by Crippen LogP contribution is 2.43. The molecule has 1 saturated heterocycles. The number of ketones is 1. The van der Waals surface area contributed by atoms with Gasteiger partial charge in [0, 0.05) is 22.6 Å². The first-order valence-corrected chi connectivity index (χ1v) is 12.2. The van der Waals surface area contributed by atoms with Gasteiger partial charge < -0.3 is 20.3 Å². The monoisotopic (exact) mass is 506 g/mol. The number of nitrogens with one attached hydrogen (secondary N) is 1. The normalized spacial score (nSPS) is 16.4. The van der Waals surface area contributed by atoms with Crippen LogP contribution in [0.5, 0.6) is 11.5 Å². The Balaban J connectivity index is 1.58. The number of Topliss-reactive ketones (excluding diaryl/α,β-unsaturated/α-hetero) is 1. The summed E-state index contributed by atoms with van der Waals surface area (Å²) in [6, 6.07) is 28.9. The average molecular weight is 507 g/mol. The van der Waals surface area contributed by atoms with Crippen molar-refractivity contribution >= 4 is 34.5 Å². The van der Waals surface area contributed by atoms with Gasteiger partial charge in [-0.2, -0.15) is 0 Å². The van der Waals surface area contributed by atoms with E-state index < -0.39 is 17.7 Å². The highest BCUT2D eigenvalue weighted by molar-refractivity contribution is 6.51. The Labute approximate surface area is 220 Å². The molecule has 0 aliphatic carbocycles. The fraction of sp³-hybridized carbons (Fsp3) is 0.0968. The van der Waals surface area contributed by atoms with Crippen LogP contribution in [0, 0.1) is 0 Å². The van der Waals surface area contributed by atoms with Crippen LogP contribution in [-0.2, 0) is 9.59 Å². The van der Waals surface area contributed by atoms with Crippen molar-refractivity contribution in [1.82, 2.24) is 0 Å². The number of hydrogen-bond donors (Lipinski definition) is 3. The van der Waals surface area contributed by atoms with E-state index in [1.807, 2.05) is 49.4 Å². The Morgan fingerprint density at radius 1 is 0.868 bits per heavy atom. The molecule has 0 radical (unpaired) electrons. The van der Waals surface area contributed by atoms with Crippen LogP contribution < -0.4 is 15.0 Å². The average Bonchev–Trinajstić information content (AvgIpc) is 3.20. The zero-order chi connectivity index (χ0) is 26.6. The van der Waals surface area contributed by atoms with Gasteiger partial charge in [-0.1, -0.05) is 42.5 Å². The quantitative estimate of drug-likeness (QED) is 0.158. The number of rotatable bonds is 7. The molecule has 1 unspecified atom stereocenters. The van der Waals surface area contributed by atoms with E-state index in [2.05, 4.69) is 5.32 Å². The first-order chi connectivity index (χ1) is 18.5. The molecule has 0 spiro atoms. The summed E-state index contributed by atoms with van der Waals surface area (Å²) in [6.45, 7) is 2.29. The molecular weight excluding hydrogens is 480 g/mol. The molecule has 1 atom stereocenters. The van der Waals surface area contributed by atoms with Crippen LogP contribution in [0.15, 0.2) is 109 Å². The van der Waals surface area contributed by atoms with Crippen molar-refractivity contribution in [3.63, 3.8) is 0 Å². The number of ether oxygens (including phenoxy) is 1. The number of benzene rings is 4. The molecule has 5 rings (SSSR count). The highest BCUT2D eigenvalue weighted by atomic mass is 16.5. The maximum absolute atomic E-state index is 13.4. The summed E-state index contributed by atoms with van der Waals surface area (Å²) in [4.78, 5) is 28.1. The number of carbonyl (C=O) groups excluding carboxylic acids is 2. The molecule has 190 valence electrons. The van der Waals surface area contributed by atoms with Crippen molar-refractivity contribution in [3.8, 4) is 11.5 Å². The van der Waals surface area contributed by atoms with Crippen molar-refractivity contribution in [3.05, 3.63) is 120 Å². The Morgan fingerprint density at radius 3 is 2.24 bits per heavy atom. The van der Waals surface area contributed by atoms with Crippen LogP contribution in [-0.4, -0.2) is 28.5 Å². The van der Waals surface area contributed by atoms with Crippen molar-refractivity contribution in [2.75, 3.05) is 16.8 Å². The SMILES string of the molecule is CCOc1cccc(/C(O)=C2/C(=O)C(=O)N(c3ccc(Nc4ccccc4)cc3)C2c2ccc(O)cc2)c1. The molecular formula is C31H26N2O5. The zero-order valence-electron chi connectivity index (χ0n) is 20.7. The molecule has 7 nitrogen and oxygen atoms in total. The van der Waals surface area contributed by atoms with Crippen LogP contribution in [0.3, 0.4) is 0 Å². The number of phenolic OH excluding ortho intramolecular Hbond substituents is 1. The van der Waals surface area contributed by atoms with E-state index in [-0.39, 0.29) is 17.1 Å². The fourth-order valence-electron chi connectivity index (χ4n) is 4.52. The van der Waals surface area contributed by atoms with Gasteiger partial charge >= 0.3 is 0 Å². The van der Waals surface area contributed by atoms with E-state index in [9.17, 15) is 19.8 Å². The minimum Gasteiger partial charge on any atom is -0.508 e. The topological polar surface area (TPSA) is 99.1 Å². The predicted molar refractivity (Wildman–Crippen MR) is 147 cm³/mol. The molecule has 1 aliphatic heterocycles. The van der Waals surface area contributed by atoms with Crippen LogP contribution in [0.25, 0.3) is 5.76 Å². The molecule has 1 heterocycles. The van der Waals surface area contributed by atoms with Gasteiger partial charge in [0.25, 0.3) is 11.7 Å². The van der Waals surface area contributed by atoms with Gasteiger partial charge in [-0.3, -0.25) is 14.5 Å². The smallest absolute Gasteiger partial charge is 0.300 e. The summed E-state index contributed by atoms with van der Waals surface area (Å²) in [5.41, 5.74) is 3.10. The van der Waals surface area contributed by atoms with Crippen LogP contribution in [0.4, 0.5) is 17.1 Å². The molecule has 3 N–H and O–H groups in total. The van der Waals surface area contributed by atoms with E-state index in [1.54, 1.807) is 48.5 Å². The summed E-state index contributed by atoms with van der Waals surface area (Å²) >= 11 is 0. The van der Waals surface area contributed by atoms with Crippen LogP contribution in [0.2, 0.25) is 0 Å². The van der Waals surface area contributed by atoms with Gasteiger partial charge in [0.1, 0.15) is 17.3 Å². The molecule has 0 aromatic heterocycles. The Bertz CT molecular complexity index is 1500. The minimum atomic E-state index is -0.903. The number of amides is 1. The van der Waals surface area contributed by atoms with Crippen molar-refractivity contribution in [1.29, 1.82) is 0 Å². The second-order valence-corrected chi connectivity index (χ2v) is 8.76. The number of aromatic hydroxyl groups is 1. The van der Waals surface area contributed by atoms with Crippen molar-refractivity contribution in [2.24, 2.45) is 0 Å². The zero-order valence-corrected chi connectivity index (χ0v) is 20.7. The van der Waals surface area contributed by atoms with Gasteiger partial charge in [0.2, 0.25) is 0 Å². The van der Waals surface area contributed by atoms with Crippen LogP contribution in [0.1, 0.15) is 24.1 Å². The second kappa shape index (κ2) is 10.5. The molecule has 4 aromatic rings. The summed E-state index contributed by atoms with van der Waals surface area (Å²) < 4.78 is 5.55. The third kappa shape index (κ3) is 4.82. The van der Waals surface area contributed by atoms with Gasteiger partial charge in [-0.25, -0.2) is 0 Å². The lowest BCUT2D eigenvalue weighted by Crippen LogP contribution is -2.29. The van der Waals surface area contributed by atoms with Crippen LogP contribution >= 0.6 is 0 Å². The molecule has 7 heteroatoms. The molecule has 1 amide bonds. The standard InChI is InChI=1S/C31H26N2O5/c1-2-38-26-10-6-7-21(19-26)29(35)27-28(20-11-17-25(34)18-12-20)33(31(37)30(27)36)24-15-13-23(14-16-24)32-22-8-4-3-5-9-22/h3-19,28,32,34-35H,2H2,1H3/b29-27-. The Kier molecular flexibility index (Phi) is 6.82. The molecule has 0 saturated carbocycles. The summed E-state index contributed by atoms with van der Waals surface area (Å²) in [5, 5.41) is 24.5. The number of aliphatic hydroxyl groups is 1. The summed E-state index contributed by atoms with van der Waals surface area (Å²) in [6.07, 6.45) is 0. The molecule has 4 aromatic carbocycles. The number of aliphatic hydroxyl groups excluding tert-OH is 1. The van der Waals surface area contributed by atoms with E-state index in [0.717, 1.165) is 11.4 Å². The van der Waals surface area contributed by atoms with Gasteiger partial charge in [-0.15, -0.1) is 0 Å². The maximum Gasteiger partial charge on any atom is 0.300 e. The molecule has 0 bridgehead atoms. The summed E-state index contributed by atoms with van der Waals surface area (Å²) in [5.74, 6) is -1.27. The number of anilines is 3. The van der Waals surface area contributed by atoms with Gasteiger partial charge in [0.15, 0.2) is 0 Å². The largest absolute Gasteiger partial charge is 0.508 e. The Morgan fingerprint density at radius 2 is 1.55 bits per heavy atom. The van der Waals surface area contributed by atoms with Gasteiger partial charge in [-0.05, 0) is 73.2 Å². The van der Waals surface area contributed by atoms with Gasteiger partial charge in [0.05, 0.1) is 18.2 Å². The van der Waals surface area contributed by atoms with E-state index in [1.165, 1.54) is 17.0 Å². The second-order valence-electron chi connectivity index (χ2n) is 8.76. The lowest BCUT2D eigenvalue weighted by atomic mass is 9.95. The number of carbonyl (C=O) groups is 2. The van der Waals surface area contributed by atoms with E-state index in [0.29, 0.717) is 29.2 Å². The maximum atomic E-state index is 13.4. The molecule has 1 fully saturated rings. The number of nitrogens with zero attached hydrogens (tertiary/aromatic N) is 1. The lowest BCUT2D eigenvalue weighted by molar-refractivity contribution is -0.132. The number of hydrogen-bond acceptors (Lipinski definition) is 6.